The molecule has 2 heterocycles. The summed E-state index contributed by atoms with van der Waals surface area (Å²) in [7, 11) is 0. The van der Waals surface area contributed by atoms with Crippen molar-refractivity contribution in [3.05, 3.63) is 65.1 Å². The number of nitrogens with zero attached hydrogens (tertiary/aromatic N) is 3. The molecule has 0 aliphatic carbocycles. The number of aryl methyl sites for hydroxylation is 4. The molecule has 2 aromatic heterocycles. The highest BCUT2D eigenvalue weighted by molar-refractivity contribution is 5.45. The van der Waals surface area contributed by atoms with Gasteiger partial charge in [-0.1, -0.05) is 35.9 Å². The molecule has 3 heteroatoms. The third-order valence-electron chi connectivity index (χ3n) is 3.36. The van der Waals surface area contributed by atoms with Gasteiger partial charge in [-0.05, 0) is 37.5 Å². The SMILES string of the molecule is Cc1ccc(CCc2nc3c(C)cccn3n2)cc1. The predicted octanol–water partition coefficient (Wildman–Crippen LogP) is 3.13. The zero-order valence-electron chi connectivity index (χ0n) is 11.3. The first-order valence-corrected chi connectivity index (χ1v) is 6.59. The number of pyridine rings is 1. The molecule has 0 radical (unpaired) electrons. The van der Waals surface area contributed by atoms with Crippen LogP contribution in [0.2, 0.25) is 0 Å². The third-order valence-corrected chi connectivity index (χ3v) is 3.36. The number of hydrogen-bond donors (Lipinski definition) is 0. The lowest BCUT2D eigenvalue weighted by Crippen LogP contribution is -1.94. The van der Waals surface area contributed by atoms with Crippen LogP contribution in [0.5, 0.6) is 0 Å². The van der Waals surface area contributed by atoms with Crippen LogP contribution in [0.3, 0.4) is 0 Å². The molecule has 1 aromatic carbocycles. The second kappa shape index (κ2) is 4.84. The van der Waals surface area contributed by atoms with Crippen LogP contribution in [-0.4, -0.2) is 14.6 Å². The molecule has 0 spiro atoms. The smallest absolute Gasteiger partial charge is 0.158 e. The van der Waals surface area contributed by atoms with Gasteiger partial charge >= 0.3 is 0 Å². The van der Waals surface area contributed by atoms with E-state index in [9.17, 15) is 0 Å². The van der Waals surface area contributed by atoms with E-state index in [1.165, 1.54) is 11.1 Å². The summed E-state index contributed by atoms with van der Waals surface area (Å²) in [6.07, 6.45) is 3.81. The fourth-order valence-corrected chi connectivity index (χ4v) is 2.20. The Kier molecular flexibility index (Phi) is 3.03. The number of fused-ring (bicyclic) bond motifs is 1. The molecular formula is C16H17N3. The average molecular weight is 251 g/mol. The second-order valence-corrected chi connectivity index (χ2v) is 4.97. The minimum Gasteiger partial charge on any atom is -0.221 e. The quantitative estimate of drug-likeness (QED) is 0.716. The fourth-order valence-electron chi connectivity index (χ4n) is 2.20. The van der Waals surface area contributed by atoms with E-state index >= 15 is 0 Å². The van der Waals surface area contributed by atoms with Gasteiger partial charge in [-0.25, -0.2) is 9.50 Å². The van der Waals surface area contributed by atoms with E-state index in [4.69, 9.17) is 0 Å². The van der Waals surface area contributed by atoms with E-state index in [2.05, 4.69) is 54.3 Å². The van der Waals surface area contributed by atoms with Gasteiger partial charge in [-0.2, -0.15) is 5.10 Å². The van der Waals surface area contributed by atoms with Gasteiger partial charge in [-0.15, -0.1) is 0 Å². The molecule has 3 aromatic rings. The Balaban J connectivity index is 1.78. The zero-order chi connectivity index (χ0) is 13.2. The molecule has 0 saturated carbocycles. The molecule has 0 amide bonds. The fraction of sp³-hybridized carbons (Fsp3) is 0.250. The van der Waals surface area contributed by atoms with Crippen LogP contribution in [0.4, 0.5) is 0 Å². The standard InChI is InChI=1S/C16H17N3/c1-12-5-7-14(8-6-12)9-10-15-17-16-13(2)4-3-11-19(16)18-15/h3-8,11H,9-10H2,1-2H3. The van der Waals surface area contributed by atoms with Gasteiger partial charge in [0.15, 0.2) is 11.5 Å². The van der Waals surface area contributed by atoms with Crippen LogP contribution in [0.15, 0.2) is 42.6 Å². The average Bonchev–Trinajstić information content (AvgIpc) is 2.83. The van der Waals surface area contributed by atoms with Crippen LogP contribution < -0.4 is 0 Å². The van der Waals surface area contributed by atoms with E-state index < -0.39 is 0 Å². The summed E-state index contributed by atoms with van der Waals surface area (Å²) in [6.45, 7) is 4.17. The molecule has 0 fully saturated rings. The van der Waals surface area contributed by atoms with Crippen molar-refractivity contribution in [3.8, 4) is 0 Å². The van der Waals surface area contributed by atoms with Crippen molar-refractivity contribution in [2.75, 3.05) is 0 Å². The van der Waals surface area contributed by atoms with Gasteiger partial charge in [0, 0.05) is 12.6 Å². The molecule has 0 saturated heterocycles. The van der Waals surface area contributed by atoms with Gasteiger partial charge in [0.1, 0.15) is 0 Å². The molecule has 0 aliphatic rings. The largest absolute Gasteiger partial charge is 0.221 e. The Hall–Kier alpha value is -2.16. The van der Waals surface area contributed by atoms with Crippen LogP contribution in [0.1, 0.15) is 22.5 Å². The van der Waals surface area contributed by atoms with Gasteiger partial charge < -0.3 is 0 Å². The highest BCUT2D eigenvalue weighted by Gasteiger charge is 2.05. The lowest BCUT2D eigenvalue weighted by atomic mass is 10.1. The summed E-state index contributed by atoms with van der Waals surface area (Å²) in [5.74, 6) is 0.912. The van der Waals surface area contributed by atoms with E-state index in [-0.39, 0.29) is 0 Å². The molecular weight excluding hydrogens is 234 g/mol. The summed E-state index contributed by atoms with van der Waals surface area (Å²) in [6, 6.07) is 12.7. The van der Waals surface area contributed by atoms with Crippen molar-refractivity contribution >= 4 is 5.65 Å². The van der Waals surface area contributed by atoms with Crippen molar-refractivity contribution in [2.24, 2.45) is 0 Å². The first-order chi connectivity index (χ1) is 9.22. The lowest BCUT2D eigenvalue weighted by molar-refractivity contribution is 0.836. The maximum absolute atomic E-state index is 4.60. The first kappa shape index (κ1) is 11.9. The molecule has 19 heavy (non-hydrogen) atoms. The maximum atomic E-state index is 4.60. The lowest BCUT2D eigenvalue weighted by Gasteiger charge is -1.99. The molecule has 3 nitrogen and oxygen atoms in total. The van der Waals surface area contributed by atoms with Gasteiger partial charge in [0.05, 0.1) is 0 Å². The van der Waals surface area contributed by atoms with Crippen LogP contribution in [0, 0.1) is 13.8 Å². The van der Waals surface area contributed by atoms with E-state index in [1.807, 2.05) is 16.8 Å². The highest BCUT2D eigenvalue weighted by Crippen LogP contribution is 2.10. The Labute approximate surface area is 112 Å². The van der Waals surface area contributed by atoms with Gasteiger partial charge in [-0.3, -0.25) is 0 Å². The summed E-state index contributed by atoms with van der Waals surface area (Å²) in [4.78, 5) is 4.60. The van der Waals surface area contributed by atoms with Crippen molar-refractivity contribution in [1.29, 1.82) is 0 Å². The monoisotopic (exact) mass is 251 g/mol. The topological polar surface area (TPSA) is 30.2 Å². The van der Waals surface area contributed by atoms with E-state index in [0.717, 1.165) is 29.9 Å². The first-order valence-electron chi connectivity index (χ1n) is 6.59. The van der Waals surface area contributed by atoms with Crippen LogP contribution in [-0.2, 0) is 12.8 Å². The van der Waals surface area contributed by atoms with Crippen molar-refractivity contribution < 1.29 is 0 Å². The maximum Gasteiger partial charge on any atom is 0.158 e. The molecule has 0 unspecified atom stereocenters. The third kappa shape index (κ3) is 2.50. The number of aromatic nitrogens is 3. The Bertz CT molecular complexity index is 696. The Morgan fingerprint density at radius 2 is 1.79 bits per heavy atom. The van der Waals surface area contributed by atoms with Crippen LogP contribution in [0.25, 0.3) is 5.65 Å². The van der Waals surface area contributed by atoms with Gasteiger partial charge in [0.25, 0.3) is 0 Å². The second-order valence-electron chi connectivity index (χ2n) is 4.97. The summed E-state index contributed by atoms with van der Waals surface area (Å²) in [5.41, 5.74) is 4.75. The van der Waals surface area contributed by atoms with Crippen molar-refractivity contribution in [3.63, 3.8) is 0 Å². The van der Waals surface area contributed by atoms with E-state index in [1.54, 1.807) is 0 Å². The van der Waals surface area contributed by atoms with Crippen LogP contribution >= 0.6 is 0 Å². The molecule has 3 rings (SSSR count). The number of rotatable bonds is 3. The summed E-state index contributed by atoms with van der Waals surface area (Å²) >= 11 is 0. The highest BCUT2D eigenvalue weighted by atomic mass is 15.3. The summed E-state index contributed by atoms with van der Waals surface area (Å²) < 4.78 is 1.86. The van der Waals surface area contributed by atoms with Crippen molar-refractivity contribution in [1.82, 2.24) is 14.6 Å². The molecule has 96 valence electrons. The molecule has 0 N–H and O–H groups in total. The minimum absolute atomic E-state index is 0.879. The predicted molar refractivity (Wildman–Crippen MR) is 76.3 cm³/mol. The Morgan fingerprint density at radius 1 is 1.00 bits per heavy atom. The summed E-state index contributed by atoms with van der Waals surface area (Å²) in [5, 5.41) is 4.51. The van der Waals surface area contributed by atoms with Gasteiger partial charge in [0.2, 0.25) is 0 Å². The van der Waals surface area contributed by atoms with E-state index in [0.29, 0.717) is 0 Å². The minimum atomic E-state index is 0.879. The number of benzene rings is 1. The molecule has 0 bridgehead atoms. The molecule has 0 aliphatic heterocycles. The molecule has 0 atom stereocenters. The Morgan fingerprint density at radius 3 is 2.53 bits per heavy atom. The zero-order valence-corrected chi connectivity index (χ0v) is 11.3. The number of hydrogen-bond acceptors (Lipinski definition) is 2. The van der Waals surface area contributed by atoms with Crippen molar-refractivity contribution in [2.45, 2.75) is 26.7 Å². The normalized spacial score (nSPS) is 11.1.